The molecule has 162 valence electrons. The number of carbonyl (C=O) groups excluding carboxylic acids is 1. The van der Waals surface area contributed by atoms with Gasteiger partial charge in [-0.3, -0.25) is 9.69 Å². The zero-order valence-corrected chi connectivity index (χ0v) is 18.3. The number of hydrogen-bond acceptors (Lipinski definition) is 6. The number of benzene rings is 1. The fourth-order valence-electron chi connectivity index (χ4n) is 6.17. The summed E-state index contributed by atoms with van der Waals surface area (Å²) in [4.78, 5) is 24.1. The average Bonchev–Trinajstić information content (AvgIpc) is 3.10. The minimum Gasteiger partial charge on any atom is -0.423 e. The number of fused-ring (bicyclic) bond motifs is 3. The maximum atomic E-state index is 11.8. The van der Waals surface area contributed by atoms with E-state index in [0.717, 1.165) is 25.2 Å². The molecule has 5 rings (SSSR count). The van der Waals surface area contributed by atoms with E-state index in [1.165, 1.54) is 32.1 Å². The van der Waals surface area contributed by atoms with E-state index in [1.54, 1.807) is 12.1 Å². The van der Waals surface area contributed by atoms with Crippen molar-refractivity contribution in [2.75, 3.05) is 25.0 Å². The number of primary amides is 1. The summed E-state index contributed by atoms with van der Waals surface area (Å²) in [7, 11) is 2.32. The van der Waals surface area contributed by atoms with Crippen LogP contribution < -0.4 is 10.6 Å². The molecule has 3 fully saturated rings. The van der Waals surface area contributed by atoms with Gasteiger partial charge in [-0.05, 0) is 58.7 Å². The summed E-state index contributed by atoms with van der Waals surface area (Å²) in [6, 6.07) is 8.69. The molecular weight excluding hydrogens is 378 g/mol. The maximum absolute atomic E-state index is 11.8. The molecule has 3 aliphatic heterocycles. The third-order valence-electron chi connectivity index (χ3n) is 7.67. The number of hydrogen-bond donors (Lipinski definition) is 1. The number of nitrogens with zero attached hydrogens (tertiary/aromatic N) is 4. The van der Waals surface area contributed by atoms with Gasteiger partial charge in [-0.25, -0.2) is 0 Å². The lowest BCUT2D eigenvalue weighted by atomic mass is 9.81. The Bertz CT molecular complexity index is 917. The molecule has 1 aromatic carbocycles. The lowest BCUT2D eigenvalue weighted by Crippen LogP contribution is -2.63. The van der Waals surface area contributed by atoms with Crippen molar-refractivity contribution in [3.05, 3.63) is 23.8 Å². The first-order chi connectivity index (χ1) is 14.4. The van der Waals surface area contributed by atoms with Gasteiger partial charge in [-0.2, -0.15) is 4.98 Å². The molecule has 2 aromatic rings. The molecule has 4 heterocycles. The number of nitrogens with two attached hydrogens (primary N) is 1. The molecule has 1 amide bonds. The molecule has 3 aliphatic rings. The summed E-state index contributed by atoms with van der Waals surface area (Å²) >= 11 is 0. The molecule has 7 nitrogen and oxygen atoms in total. The van der Waals surface area contributed by atoms with E-state index in [0.29, 0.717) is 40.8 Å². The van der Waals surface area contributed by atoms with Crippen molar-refractivity contribution in [3.63, 3.8) is 0 Å². The Hall–Kier alpha value is -2.12. The van der Waals surface area contributed by atoms with Crippen LogP contribution in [0.25, 0.3) is 11.1 Å². The number of anilines is 1. The minimum atomic E-state index is -0.473. The fraction of sp³-hybridized carbons (Fsp3) is 0.652. The molecule has 30 heavy (non-hydrogen) atoms. The number of para-hydroxylation sites is 1. The Kier molecular flexibility index (Phi) is 4.98. The Balaban J connectivity index is 1.36. The van der Waals surface area contributed by atoms with Crippen LogP contribution in [0.15, 0.2) is 22.6 Å². The van der Waals surface area contributed by atoms with Crippen molar-refractivity contribution in [2.45, 2.75) is 76.2 Å². The third-order valence-corrected chi connectivity index (χ3v) is 7.67. The highest BCUT2D eigenvalue weighted by molar-refractivity contribution is 6.03. The van der Waals surface area contributed by atoms with Crippen molar-refractivity contribution in [2.24, 2.45) is 5.73 Å². The SMILES string of the molecule is C[C@H]1CN(C2CC3CCCC(C2)N3C)C[C@H](C)N1c1nc2c(C(N)=O)cccc2o1. The highest BCUT2D eigenvalue weighted by atomic mass is 16.4. The Morgan fingerprint density at radius 2 is 1.77 bits per heavy atom. The number of oxazole rings is 1. The first-order valence-electron chi connectivity index (χ1n) is 11.4. The Morgan fingerprint density at radius 1 is 1.10 bits per heavy atom. The smallest absolute Gasteiger partial charge is 0.298 e. The summed E-state index contributed by atoms with van der Waals surface area (Å²) in [6.07, 6.45) is 6.66. The van der Waals surface area contributed by atoms with Crippen molar-refractivity contribution in [1.29, 1.82) is 0 Å². The van der Waals surface area contributed by atoms with Crippen molar-refractivity contribution in [3.8, 4) is 0 Å². The number of rotatable bonds is 3. The van der Waals surface area contributed by atoms with Crippen LogP contribution in [0.3, 0.4) is 0 Å². The van der Waals surface area contributed by atoms with Crippen LogP contribution in [-0.4, -0.2) is 71.0 Å². The van der Waals surface area contributed by atoms with E-state index >= 15 is 0 Å². The van der Waals surface area contributed by atoms with Crippen LogP contribution >= 0.6 is 0 Å². The van der Waals surface area contributed by atoms with Crippen LogP contribution in [0.1, 0.15) is 56.3 Å². The topological polar surface area (TPSA) is 78.8 Å². The van der Waals surface area contributed by atoms with E-state index < -0.39 is 5.91 Å². The number of piperidine rings is 2. The monoisotopic (exact) mass is 411 g/mol. The Morgan fingerprint density at radius 3 is 2.40 bits per heavy atom. The van der Waals surface area contributed by atoms with Crippen LogP contribution in [-0.2, 0) is 0 Å². The van der Waals surface area contributed by atoms with Crippen molar-refractivity contribution in [1.82, 2.24) is 14.8 Å². The maximum Gasteiger partial charge on any atom is 0.298 e. The normalized spacial score (nSPS) is 33.2. The molecule has 0 radical (unpaired) electrons. The summed E-state index contributed by atoms with van der Waals surface area (Å²) in [5.74, 6) is -0.473. The van der Waals surface area contributed by atoms with Gasteiger partial charge in [0.1, 0.15) is 5.52 Å². The van der Waals surface area contributed by atoms with Crippen LogP contribution in [0, 0.1) is 0 Å². The van der Waals surface area contributed by atoms with Gasteiger partial charge in [0.05, 0.1) is 5.56 Å². The fourth-order valence-corrected chi connectivity index (χ4v) is 6.17. The molecule has 2 N–H and O–H groups in total. The quantitative estimate of drug-likeness (QED) is 0.837. The van der Waals surface area contributed by atoms with Crippen molar-refractivity contribution < 1.29 is 9.21 Å². The van der Waals surface area contributed by atoms with Crippen LogP contribution in [0.5, 0.6) is 0 Å². The standard InChI is InChI=1S/C23H33N5O2/c1-14-12-27(18-10-16-6-4-7-17(11-18)26(16)3)13-15(2)28(14)23-25-21-19(22(24)29)8-5-9-20(21)30-23/h5,8-9,14-18H,4,6-7,10-13H2,1-3H3,(H2,24,29)/t14-,15-,16?,17?,18?/m0/s1. The molecule has 1 aromatic heterocycles. The molecule has 2 unspecified atom stereocenters. The average molecular weight is 412 g/mol. The molecule has 0 spiro atoms. The van der Waals surface area contributed by atoms with E-state index in [-0.39, 0.29) is 0 Å². The van der Waals surface area contributed by atoms with Gasteiger partial charge in [-0.1, -0.05) is 12.5 Å². The van der Waals surface area contributed by atoms with E-state index in [1.807, 2.05) is 6.07 Å². The second-order valence-electron chi connectivity index (χ2n) is 9.60. The van der Waals surface area contributed by atoms with Crippen LogP contribution in [0.2, 0.25) is 0 Å². The van der Waals surface area contributed by atoms with E-state index in [2.05, 4.69) is 40.6 Å². The number of aromatic nitrogens is 1. The molecule has 7 heteroatoms. The van der Waals surface area contributed by atoms with Crippen molar-refractivity contribution >= 4 is 23.0 Å². The molecule has 0 saturated carbocycles. The van der Waals surface area contributed by atoms with Gasteiger partial charge in [-0.15, -0.1) is 0 Å². The summed E-state index contributed by atoms with van der Waals surface area (Å²) < 4.78 is 6.08. The van der Waals surface area contributed by atoms with Gasteiger partial charge in [0.15, 0.2) is 5.58 Å². The lowest BCUT2D eigenvalue weighted by molar-refractivity contribution is -0.000308. The second-order valence-corrected chi connectivity index (χ2v) is 9.60. The highest BCUT2D eigenvalue weighted by Crippen LogP contribution is 2.37. The second kappa shape index (κ2) is 7.54. The summed E-state index contributed by atoms with van der Waals surface area (Å²) in [5, 5.41) is 0. The molecule has 4 atom stereocenters. The Labute approximate surface area is 178 Å². The molecular formula is C23H33N5O2. The van der Waals surface area contributed by atoms with Gasteiger partial charge < -0.3 is 20.0 Å². The highest BCUT2D eigenvalue weighted by Gasteiger charge is 2.41. The van der Waals surface area contributed by atoms with Gasteiger partial charge in [0, 0.05) is 43.3 Å². The zero-order chi connectivity index (χ0) is 21.0. The predicted octanol–water partition coefficient (Wildman–Crippen LogP) is 2.84. The third kappa shape index (κ3) is 3.28. The first-order valence-corrected chi connectivity index (χ1v) is 11.4. The number of amides is 1. The summed E-state index contributed by atoms with van der Waals surface area (Å²) in [5.41, 5.74) is 7.12. The predicted molar refractivity (Wildman–Crippen MR) is 118 cm³/mol. The van der Waals surface area contributed by atoms with Gasteiger partial charge in [0.25, 0.3) is 11.9 Å². The molecule has 3 saturated heterocycles. The van der Waals surface area contributed by atoms with Gasteiger partial charge >= 0.3 is 0 Å². The van der Waals surface area contributed by atoms with E-state index in [9.17, 15) is 4.79 Å². The molecule has 0 aliphatic carbocycles. The molecule has 2 bridgehead atoms. The van der Waals surface area contributed by atoms with Crippen LogP contribution in [0.4, 0.5) is 6.01 Å². The zero-order valence-electron chi connectivity index (χ0n) is 18.3. The minimum absolute atomic E-state index is 0.290. The number of piperazine rings is 1. The number of carbonyl (C=O) groups is 1. The van der Waals surface area contributed by atoms with Gasteiger partial charge in [0.2, 0.25) is 0 Å². The summed E-state index contributed by atoms with van der Waals surface area (Å²) in [6.45, 7) is 6.53. The first kappa shape index (κ1) is 19.8. The largest absolute Gasteiger partial charge is 0.423 e. The lowest BCUT2D eigenvalue weighted by Gasteiger charge is -2.53. The van der Waals surface area contributed by atoms with E-state index in [4.69, 9.17) is 10.2 Å².